The van der Waals surface area contributed by atoms with Gasteiger partial charge in [0.1, 0.15) is 17.5 Å². The van der Waals surface area contributed by atoms with E-state index in [9.17, 15) is 5.26 Å². The molecule has 0 bridgehead atoms. The zero-order valence-corrected chi connectivity index (χ0v) is 22.1. The van der Waals surface area contributed by atoms with E-state index in [0.29, 0.717) is 5.69 Å². The molecule has 1 aromatic heterocycles. The van der Waals surface area contributed by atoms with Crippen LogP contribution >= 0.6 is 15.9 Å². The molecule has 0 amide bonds. The monoisotopic (exact) mass is 514 g/mol. The van der Waals surface area contributed by atoms with Crippen molar-refractivity contribution in [2.75, 3.05) is 0 Å². The molecule has 33 heavy (non-hydrogen) atoms. The number of benzene rings is 3. The van der Waals surface area contributed by atoms with Gasteiger partial charge in [-0.1, -0.05) is 87.5 Å². The predicted molar refractivity (Wildman–Crippen MR) is 142 cm³/mol. The Balaban J connectivity index is 1.91. The minimum atomic E-state index is -2.02. The van der Waals surface area contributed by atoms with E-state index in [1.54, 1.807) is 0 Å². The Kier molecular flexibility index (Phi) is 6.60. The van der Waals surface area contributed by atoms with Crippen LogP contribution in [0, 0.1) is 18.3 Å². The second kappa shape index (κ2) is 9.42. The lowest BCUT2D eigenvalue weighted by molar-refractivity contribution is 0.521. The van der Waals surface area contributed by atoms with Crippen LogP contribution in [-0.4, -0.2) is 13.6 Å². The highest BCUT2D eigenvalue weighted by atomic mass is 79.9. The highest BCUT2D eigenvalue weighted by Gasteiger charge is 2.27. The van der Waals surface area contributed by atoms with Crippen LogP contribution in [0.25, 0.3) is 5.69 Å². The number of aromatic nitrogens is 1. The molecule has 4 aromatic rings. The molecule has 0 fully saturated rings. The number of hydrogen-bond acceptors (Lipinski definition) is 2. The van der Waals surface area contributed by atoms with Crippen LogP contribution in [0.4, 0.5) is 0 Å². The number of hydrogen-bond donors (Lipinski definition) is 0. The first-order valence-electron chi connectivity index (χ1n) is 11.0. The third kappa shape index (κ3) is 4.83. The van der Waals surface area contributed by atoms with Gasteiger partial charge in [-0.3, -0.25) is 0 Å². The molecule has 0 aliphatic rings. The lowest BCUT2D eigenvalue weighted by atomic mass is 9.85. The van der Waals surface area contributed by atoms with Gasteiger partial charge in [-0.2, -0.15) is 5.26 Å². The Morgan fingerprint density at radius 2 is 1.48 bits per heavy atom. The number of nitriles is 1. The summed E-state index contributed by atoms with van der Waals surface area (Å²) in [7, 11) is -2.02. The van der Waals surface area contributed by atoms with E-state index in [0.717, 1.165) is 27.0 Å². The maximum Gasteiger partial charge on any atom is 0.299 e. The van der Waals surface area contributed by atoms with E-state index < -0.39 is 9.04 Å². The molecule has 3 aromatic carbocycles. The first-order chi connectivity index (χ1) is 15.8. The highest BCUT2D eigenvalue weighted by Crippen LogP contribution is 2.38. The molecule has 0 aliphatic heterocycles. The second-order valence-corrected chi connectivity index (χ2v) is 12.4. The molecule has 0 N–H and O–H groups in total. The Bertz CT molecular complexity index is 1260. The molecule has 0 saturated heterocycles. The van der Waals surface area contributed by atoms with Crippen LogP contribution in [0.3, 0.4) is 0 Å². The normalized spacial score (nSPS) is 11.4. The maximum absolute atomic E-state index is 9.66. The summed E-state index contributed by atoms with van der Waals surface area (Å²) in [5.74, 6) is 0.915. The second-order valence-electron chi connectivity index (χ2n) is 9.18. The van der Waals surface area contributed by atoms with E-state index in [2.05, 4.69) is 110 Å². The van der Waals surface area contributed by atoms with E-state index in [1.165, 1.54) is 10.4 Å². The summed E-state index contributed by atoms with van der Waals surface area (Å²) in [6.07, 6.45) is 1.94. The fourth-order valence-electron chi connectivity index (χ4n) is 4.10. The van der Waals surface area contributed by atoms with Crippen molar-refractivity contribution in [1.29, 1.82) is 5.26 Å². The minimum absolute atomic E-state index is 0.0969. The smallest absolute Gasteiger partial charge is 0.299 e. The number of halogens is 1. The van der Waals surface area contributed by atoms with Gasteiger partial charge in [-0.15, -0.1) is 0 Å². The molecule has 3 nitrogen and oxygen atoms in total. The SMILES string of the molecule is Cc1c(-n2cc(Br)cc2C#N)ccc(C(C)(C)C)c1O[SiH](c1ccccc1)c1ccccc1. The van der Waals surface area contributed by atoms with Crippen LogP contribution < -0.4 is 14.8 Å². The Morgan fingerprint density at radius 3 is 2.00 bits per heavy atom. The van der Waals surface area contributed by atoms with Crippen molar-refractivity contribution in [3.63, 3.8) is 0 Å². The molecule has 166 valence electrons. The molecule has 4 rings (SSSR count). The Hall–Kier alpha value is -3.07. The third-order valence-electron chi connectivity index (χ3n) is 5.79. The van der Waals surface area contributed by atoms with E-state index in [4.69, 9.17) is 4.43 Å². The summed E-state index contributed by atoms with van der Waals surface area (Å²) in [5.41, 5.74) is 3.64. The summed E-state index contributed by atoms with van der Waals surface area (Å²) < 4.78 is 9.86. The fraction of sp³-hybridized carbons (Fsp3) is 0.179. The third-order valence-corrected chi connectivity index (χ3v) is 8.67. The van der Waals surface area contributed by atoms with Gasteiger partial charge < -0.3 is 8.99 Å². The molecule has 5 heteroatoms. The summed E-state index contributed by atoms with van der Waals surface area (Å²) >= 11 is 3.52. The van der Waals surface area contributed by atoms with Crippen LogP contribution in [-0.2, 0) is 5.41 Å². The van der Waals surface area contributed by atoms with Crippen molar-refractivity contribution in [3.8, 4) is 17.5 Å². The molecule has 0 radical (unpaired) electrons. The molecule has 1 heterocycles. The first-order valence-corrected chi connectivity index (χ1v) is 13.4. The van der Waals surface area contributed by atoms with Crippen molar-refractivity contribution in [2.24, 2.45) is 0 Å². The minimum Gasteiger partial charge on any atom is -0.537 e. The van der Waals surface area contributed by atoms with Crippen molar-refractivity contribution in [2.45, 2.75) is 33.1 Å². The number of nitrogens with zero attached hydrogens (tertiary/aromatic N) is 2. The maximum atomic E-state index is 9.66. The van der Waals surface area contributed by atoms with Crippen molar-refractivity contribution >= 4 is 35.3 Å². The van der Waals surface area contributed by atoms with Gasteiger partial charge in [-0.25, -0.2) is 0 Å². The van der Waals surface area contributed by atoms with Gasteiger partial charge >= 0.3 is 0 Å². The fourth-order valence-corrected chi connectivity index (χ4v) is 6.86. The van der Waals surface area contributed by atoms with E-state index in [1.807, 2.05) is 29.0 Å². The molecule has 0 saturated carbocycles. The van der Waals surface area contributed by atoms with Gasteiger partial charge in [-0.05, 0) is 56.3 Å². The van der Waals surface area contributed by atoms with Crippen molar-refractivity contribution < 1.29 is 4.43 Å². The van der Waals surface area contributed by atoms with Crippen LogP contribution in [0.15, 0.2) is 89.5 Å². The Morgan fingerprint density at radius 1 is 0.909 bits per heavy atom. The molecule has 0 atom stereocenters. The summed E-state index contributed by atoms with van der Waals surface area (Å²) in [6.45, 7) is 8.73. The average molecular weight is 516 g/mol. The van der Waals surface area contributed by atoms with Gasteiger partial charge in [0.05, 0.1) is 5.69 Å². The zero-order valence-electron chi connectivity index (χ0n) is 19.3. The molecule has 0 unspecified atom stereocenters. The summed E-state index contributed by atoms with van der Waals surface area (Å²) in [5, 5.41) is 12.1. The lowest BCUT2D eigenvalue weighted by Gasteiger charge is -2.29. The van der Waals surface area contributed by atoms with Gasteiger partial charge in [0.25, 0.3) is 9.04 Å². The largest absolute Gasteiger partial charge is 0.537 e. The molecular formula is C28H27BrN2OSi. The average Bonchev–Trinajstić information content (AvgIpc) is 3.19. The van der Waals surface area contributed by atoms with Gasteiger partial charge in [0.15, 0.2) is 0 Å². The Labute approximate surface area is 206 Å². The van der Waals surface area contributed by atoms with Crippen LogP contribution in [0.1, 0.15) is 37.6 Å². The molecule has 0 spiro atoms. The van der Waals surface area contributed by atoms with Crippen molar-refractivity contribution in [3.05, 3.63) is 106 Å². The molecular weight excluding hydrogens is 488 g/mol. The summed E-state index contributed by atoms with van der Waals surface area (Å²) in [4.78, 5) is 0. The van der Waals surface area contributed by atoms with E-state index in [-0.39, 0.29) is 5.41 Å². The zero-order chi connectivity index (χ0) is 23.6. The van der Waals surface area contributed by atoms with Crippen LogP contribution in [0.5, 0.6) is 5.75 Å². The highest BCUT2D eigenvalue weighted by molar-refractivity contribution is 9.10. The van der Waals surface area contributed by atoms with Crippen molar-refractivity contribution in [1.82, 2.24) is 4.57 Å². The predicted octanol–water partition coefficient (Wildman–Crippen LogP) is 5.63. The van der Waals surface area contributed by atoms with Gasteiger partial charge in [0.2, 0.25) is 0 Å². The quantitative estimate of drug-likeness (QED) is 0.323. The standard InChI is InChI=1S/C28H27BrN2OSi/c1-20-26(31-19-21(29)17-22(31)18-30)16-15-25(28(2,3)4)27(20)32-33(23-11-7-5-8-12-23)24-13-9-6-10-14-24/h5-17,19,33H,1-4H3. The van der Waals surface area contributed by atoms with Crippen LogP contribution in [0.2, 0.25) is 0 Å². The van der Waals surface area contributed by atoms with Gasteiger partial charge in [0, 0.05) is 16.2 Å². The topological polar surface area (TPSA) is 38.0 Å². The number of rotatable bonds is 5. The lowest BCUT2D eigenvalue weighted by Crippen LogP contribution is -2.48. The first kappa shape index (κ1) is 23.1. The summed E-state index contributed by atoms with van der Waals surface area (Å²) in [6, 6.07) is 29.4. The van der Waals surface area contributed by atoms with E-state index >= 15 is 0 Å². The molecule has 0 aliphatic carbocycles.